The minimum absolute atomic E-state index is 0.987. The van der Waals surface area contributed by atoms with Gasteiger partial charge >= 0.3 is 0 Å². The number of nitrogens with zero attached hydrogens (tertiary/aromatic N) is 1. The Kier molecular flexibility index (Phi) is 3.05. The van der Waals surface area contributed by atoms with Gasteiger partial charge in [-0.2, -0.15) is 0 Å². The lowest BCUT2D eigenvalue weighted by atomic mass is 9.91. The highest BCUT2D eigenvalue weighted by Gasteiger charge is 2.16. The van der Waals surface area contributed by atoms with E-state index in [1.165, 1.54) is 47.9 Å². The van der Waals surface area contributed by atoms with Crippen LogP contribution in [-0.2, 0) is 0 Å². The molecular weight excluding hydrogens is 222 g/mol. The lowest BCUT2D eigenvalue weighted by Gasteiger charge is -2.21. The number of hydrogen-bond donors (Lipinski definition) is 2. The van der Waals surface area contributed by atoms with E-state index in [4.69, 9.17) is 0 Å². The van der Waals surface area contributed by atoms with Crippen LogP contribution in [0.3, 0.4) is 0 Å². The van der Waals surface area contributed by atoms with Crippen LogP contribution in [0.5, 0.6) is 0 Å². The zero-order chi connectivity index (χ0) is 12.4. The molecule has 0 aromatic carbocycles. The number of aromatic nitrogens is 2. The summed E-state index contributed by atoms with van der Waals surface area (Å²) in [5, 5.41) is 4.77. The predicted molar refractivity (Wildman–Crippen MR) is 75.2 cm³/mol. The third-order valence-corrected chi connectivity index (χ3v) is 3.63. The first kappa shape index (κ1) is 11.3. The molecule has 0 bridgehead atoms. The van der Waals surface area contributed by atoms with E-state index in [0.29, 0.717) is 0 Å². The second-order valence-corrected chi connectivity index (χ2v) is 4.80. The van der Waals surface area contributed by atoms with Crippen LogP contribution < -0.4 is 5.32 Å². The highest BCUT2D eigenvalue weighted by Crippen LogP contribution is 2.34. The van der Waals surface area contributed by atoms with Gasteiger partial charge in [-0.3, -0.25) is 0 Å². The number of nitrogens with one attached hydrogen (secondary N) is 2. The molecule has 0 amide bonds. The van der Waals surface area contributed by atoms with E-state index < -0.39 is 0 Å². The largest absolute Gasteiger partial charge is 0.388 e. The molecule has 2 aromatic heterocycles. The van der Waals surface area contributed by atoms with Crippen LogP contribution in [0.1, 0.15) is 38.2 Å². The molecule has 18 heavy (non-hydrogen) atoms. The molecular formula is C15H19N3. The number of fused-ring (bicyclic) bond motifs is 1. The van der Waals surface area contributed by atoms with Gasteiger partial charge < -0.3 is 10.3 Å². The van der Waals surface area contributed by atoms with Crippen molar-refractivity contribution in [2.75, 3.05) is 6.54 Å². The Hall–Kier alpha value is -1.77. The Bertz CT molecular complexity index is 580. The fourth-order valence-corrected chi connectivity index (χ4v) is 2.82. The Morgan fingerprint density at radius 1 is 1.33 bits per heavy atom. The van der Waals surface area contributed by atoms with Gasteiger partial charge in [0.15, 0.2) is 0 Å². The van der Waals surface area contributed by atoms with Gasteiger partial charge in [0.1, 0.15) is 5.65 Å². The summed E-state index contributed by atoms with van der Waals surface area (Å²) in [6.45, 7) is 3.16. The summed E-state index contributed by atoms with van der Waals surface area (Å²) in [5.74, 6) is 0. The van der Waals surface area contributed by atoms with Crippen molar-refractivity contribution >= 4 is 16.6 Å². The van der Waals surface area contributed by atoms with Crippen molar-refractivity contribution in [3.05, 3.63) is 35.8 Å². The molecule has 2 aromatic rings. The average Bonchev–Trinajstić information content (AvgIpc) is 2.84. The average molecular weight is 241 g/mol. The monoisotopic (exact) mass is 241 g/mol. The lowest BCUT2D eigenvalue weighted by molar-refractivity contribution is 0.661. The zero-order valence-corrected chi connectivity index (χ0v) is 10.8. The molecule has 0 unspecified atom stereocenters. The topological polar surface area (TPSA) is 40.7 Å². The van der Waals surface area contributed by atoms with E-state index in [0.717, 1.165) is 12.2 Å². The zero-order valence-electron chi connectivity index (χ0n) is 10.8. The minimum atomic E-state index is 0.987. The first-order chi connectivity index (χ1) is 8.90. The molecule has 3 rings (SSSR count). The molecule has 0 saturated carbocycles. The molecule has 0 radical (unpaired) electrons. The van der Waals surface area contributed by atoms with Crippen LogP contribution in [0.25, 0.3) is 16.6 Å². The third kappa shape index (κ3) is 1.90. The lowest BCUT2D eigenvalue weighted by Crippen LogP contribution is -2.16. The molecule has 0 saturated heterocycles. The van der Waals surface area contributed by atoms with Crippen molar-refractivity contribution in [3.63, 3.8) is 0 Å². The fraction of sp³-hybridized carbons (Fsp3) is 0.400. The smallest absolute Gasteiger partial charge is 0.137 e. The summed E-state index contributed by atoms with van der Waals surface area (Å²) < 4.78 is 0. The van der Waals surface area contributed by atoms with Crippen LogP contribution in [0.15, 0.2) is 30.2 Å². The second kappa shape index (κ2) is 4.84. The molecule has 3 heteroatoms. The maximum absolute atomic E-state index is 4.37. The van der Waals surface area contributed by atoms with Gasteiger partial charge in [0, 0.05) is 35.6 Å². The molecule has 3 nitrogen and oxygen atoms in total. The first-order valence-electron chi connectivity index (χ1n) is 6.78. The molecule has 94 valence electrons. The van der Waals surface area contributed by atoms with Gasteiger partial charge in [-0.05, 0) is 50.3 Å². The highest BCUT2D eigenvalue weighted by molar-refractivity contribution is 5.91. The quantitative estimate of drug-likeness (QED) is 0.864. The summed E-state index contributed by atoms with van der Waals surface area (Å²) in [6, 6.07) is 4.16. The van der Waals surface area contributed by atoms with E-state index in [1.807, 2.05) is 12.3 Å². The standard InChI is InChI=1S/C15H19N3/c1-2-16-14-8-4-3-6-11(14)13-10-18-15-12(13)7-5-9-17-15/h5,7,9-10,16H,2-4,6,8H2,1H3,(H,17,18). The second-order valence-electron chi connectivity index (χ2n) is 4.80. The molecule has 0 fully saturated rings. The van der Waals surface area contributed by atoms with Gasteiger partial charge in [0.05, 0.1) is 0 Å². The van der Waals surface area contributed by atoms with Crippen molar-refractivity contribution in [3.8, 4) is 0 Å². The van der Waals surface area contributed by atoms with Crippen molar-refractivity contribution < 1.29 is 0 Å². The van der Waals surface area contributed by atoms with E-state index in [2.05, 4.69) is 34.5 Å². The molecule has 1 aliphatic rings. The van der Waals surface area contributed by atoms with Crippen LogP contribution in [0, 0.1) is 0 Å². The Morgan fingerprint density at radius 3 is 3.11 bits per heavy atom. The molecule has 2 heterocycles. The van der Waals surface area contributed by atoms with Gasteiger partial charge in [-0.1, -0.05) is 0 Å². The summed E-state index contributed by atoms with van der Waals surface area (Å²) >= 11 is 0. The van der Waals surface area contributed by atoms with Crippen molar-refractivity contribution in [1.82, 2.24) is 15.3 Å². The van der Waals surface area contributed by atoms with E-state index in [-0.39, 0.29) is 0 Å². The van der Waals surface area contributed by atoms with Crippen LogP contribution in [-0.4, -0.2) is 16.5 Å². The molecule has 1 aliphatic carbocycles. The first-order valence-corrected chi connectivity index (χ1v) is 6.78. The van der Waals surface area contributed by atoms with Crippen LogP contribution >= 0.6 is 0 Å². The molecule has 0 aliphatic heterocycles. The maximum Gasteiger partial charge on any atom is 0.137 e. The third-order valence-electron chi connectivity index (χ3n) is 3.63. The number of allylic oxidation sites excluding steroid dienone is 2. The number of hydrogen-bond acceptors (Lipinski definition) is 2. The minimum Gasteiger partial charge on any atom is -0.388 e. The van der Waals surface area contributed by atoms with E-state index >= 15 is 0 Å². The predicted octanol–water partition coefficient (Wildman–Crippen LogP) is 3.46. The van der Waals surface area contributed by atoms with Crippen molar-refractivity contribution in [2.24, 2.45) is 0 Å². The summed E-state index contributed by atoms with van der Waals surface area (Å²) in [5.41, 5.74) is 5.21. The van der Waals surface area contributed by atoms with Gasteiger partial charge in [0.25, 0.3) is 0 Å². The van der Waals surface area contributed by atoms with Gasteiger partial charge in [0.2, 0.25) is 0 Å². The van der Waals surface area contributed by atoms with Crippen molar-refractivity contribution in [2.45, 2.75) is 32.6 Å². The SMILES string of the molecule is CCNC1=C(c2c[nH]c3ncccc23)CCCC1. The highest BCUT2D eigenvalue weighted by atomic mass is 14.9. The summed E-state index contributed by atoms with van der Waals surface area (Å²) in [7, 11) is 0. The number of pyridine rings is 1. The van der Waals surface area contributed by atoms with E-state index in [9.17, 15) is 0 Å². The van der Waals surface area contributed by atoms with Crippen molar-refractivity contribution in [1.29, 1.82) is 0 Å². The Balaban J connectivity index is 2.11. The summed E-state index contributed by atoms with van der Waals surface area (Å²) in [4.78, 5) is 7.64. The van der Waals surface area contributed by atoms with Gasteiger partial charge in [-0.15, -0.1) is 0 Å². The Morgan fingerprint density at radius 2 is 2.22 bits per heavy atom. The van der Waals surface area contributed by atoms with Gasteiger partial charge in [-0.25, -0.2) is 4.98 Å². The molecule has 2 N–H and O–H groups in total. The maximum atomic E-state index is 4.37. The number of H-pyrrole nitrogens is 1. The number of rotatable bonds is 3. The van der Waals surface area contributed by atoms with E-state index in [1.54, 1.807) is 0 Å². The summed E-state index contributed by atoms with van der Waals surface area (Å²) in [6.07, 6.45) is 8.88. The molecule has 0 atom stereocenters. The normalized spacial score (nSPS) is 16.3. The molecule has 0 spiro atoms. The van der Waals surface area contributed by atoms with Crippen LogP contribution in [0.4, 0.5) is 0 Å². The Labute approximate surface area is 107 Å². The number of aromatic amines is 1. The van der Waals surface area contributed by atoms with Crippen LogP contribution in [0.2, 0.25) is 0 Å². The fourth-order valence-electron chi connectivity index (χ4n) is 2.82.